The monoisotopic (exact) mass is 353 g/mol. The average molecular weight is 353 g/mol. The Morgan fingerprint density at radius 2 is 2.35 bits per heavy atom. The molecule has 0 amide bonds. The first-order valence-electron chi connectivity index (χ1n) is 9.24. The molecule has 1 atom stereocenters. The molecule has 3 aromatic heterocycles. The van der Waals surface area contributed by atoms with Crippen LogP contribution in [-0.2, 0) is 13.0 Å². The lowest BCUT2D eigenvalue weighted by molar-refractivity contribution is -0.378. The molecule has 4 rings (SSSR count). The van der Waals surface area contributed by atoms with E-state index in [0.717, 1.165) is 54.2 Å². The van der Waals surface area contributed by atoms with E-state index in [1.54, 1.807) is 0 Å². The number of H-pyrrole nitrogens is 1. The van der Waals surface area contributed by atoms with Crippen LogP contribution in [0, 0.1) is 0 Å². The van der Waals surface area contributed by atoms with Crippen molar-refractivity contribution in [1.82, 2.24) is 14.6 Å². The molecule has 26 heavy (non-hydrogen) atoms. The molecule has 0 radical (unpaired) electrons. The van der Waals surface area contributed by atoms with Crippen molar-refractivity contribution >= 4 is 17.3 Å². The summed E-state index contributed by atoms with van der Waals surface area (Å²) in [6, 6.07) is 6.09. The second-order valence-electron chi connectivity index (χ2n) is 6.77. The van der Waals surface area contributed by atoms with Crippen LogP contribution in [0.15, 0.2) is 36.8 Å². The van der Waals surface area contributed by atoms with Crippen LogP contribution in [0.4, 0.5) is 11.6 Å². The van der Waals surface area contributed by atoms with Crippen molar-refractivity contribution in [2.24, 2.45) is 0 Å². The van der Waals surface area contributed by atoms with Gasteiger partial charge >= 0.3 is 0 Å². The van der Waals surface area contributed by atoms with Crippen LogP contribution in [0.5, 0.6) is 0 Å². The van der Waals surface area contributed by atoms with E-state index in [9.17, 15) is 5.11 Å². The number of pyridine rings is 1. The van der Waals surface area contributed by atoms with Crippen LogP contribution in [0.2, 0.25) is 0 Å². The molecular weight excluding hydrogens is 328 g/mol. The number of hydrogen-bond acceptors (Lipinski definition) is 5. The summed E-state index contributed by atoms with van der Waals surface area (Å²) in [4.78, 5) is 10.1. The maximum absolute atomic E-state index is 10.0. The molecule has 1 fully saturated rings. The highest BCUT2D eigenvalue weighted by atomic mass is 16.3. The van der Waals surface area contributed by atoms with Crippen molar-refractivity contribution in [3.63, 3.8) is 0 Å². The third-order valence-electron chi connectivity index (χ3n) is 4.88. The van der Waals surface area contributed by atoms with Crippen LogP contribution in [0.3, 0.4) is 0 Å². The van der Waals surface area contributed by atoms with Gasteiger partial charge in [0.1, 0.15) is 11.6 Å². The Balaban J connectivity index is 1.69. The number of nitrogens with zero attached hydrogens (tertiary/aromatic N) is 4. The van der Waals surface area contributed by atoms with E-state index in [4.69, 9.17) is 4.98 Å². The van der Waals surface area contributed by atoms with Gasteiger partial charge in [-0.15, -0.1) is 0 Å². The summed E-state index contributed by atoms with van der Waals surface area (Å²) in [5.41, 5.74) is 3.17. The number of aliphatic hydroxyl groups is 1. The maximum atomic E-state index is 10.0. The van der Waals surface area contributed by atoms with Gasteiger partial charge in [0.05, 0.1) is 12.3 Å². The van der Waals surface area contributed by atoms with Gasteiger partial charge in [-0.1, -0.05) is 6.92 Å². The molecular formula is C19H25N6O+. The van der Waals surface area contributed by atoms with Crippen molar-refractivity contribution in [3.05, 3.63) is 47.9 Å². The SMILES string of the molecule is CCc1cnn2c(NCc3ccc[nH+]c3)cc(N3CCCC(O)C3)nc12. The van der Waals surface area contributed by atoms with Crippen molar-refractivity contribution < 1.29 is 10.1 Å². The zero-order chi connectivity index (χ0) is 17.9. The highest BCUT2D eigenvalue weighted by molar-refractivity contribution is 5.61. The van der Waals surface area contributed by atoms with Crippen LogP contribution in [0.25, 0.3) is 5.65 Å². The number of aliphatic hydroxyl groups excluding tert-OH is 1. The summed E-state index contributed by atoms with van der Waals surface area (Å²) < 4.78 is 1.87. The number of aryl methyl sites for hydroxylation is 1. The Morgan fingerprint density at radius 1 is 1.42 bits per heavy atom. The van der Waals surface area contributed by atoms with Gasteiger partial charge in [0.25, 0.3) is 0 Å². The fourth-order valence-corrected chi connectivity index (χ4v) is 3.43. The van der Waals surface area contributed by atoms with E-state index >= 15 is 0 Å². The first-order valence-corrected chi connectivity index (χ1v) is 9.24. The van der Waals surface area contributed by atoms with Crippen molar-refractivity contribution in [1.29, 1.82) is 0 Å². The van der Waals surface area contributed by atoms with Crippen LogP contribution >= 0.6 is 0 Å². The fourth-order valence-electron chi connectivity index (χ4n) is 3.43. The number of β-amino-alcohol motifs (C(OH)–C–C–N with tert-alkyl or cyclic N) is 1. The molecule has 1 aliphatic rings. The number of hydrogen-bond donors (Lipinski definition) is 2. The second-order valence-corrected chi connectivity index (χ2v) is 6.77. The van der Waals surface area contributed by atoms with Crippen LogP contribution in [-0.4, -0.2) is 38.9 Å². The Hall–Kier alpha value is -2.67. The molecule has 1 unspecified atom stereocenters. The molecule has 3 N–H and O–H groups in total. The Labute approximate surface area is 152 Å². The van der Waals surface area contributed by atoms with Gasteiger partial charge in [-0.3, -0.25) is 0 Å². The molecule has 7 heteroatoms. The highest BCUT2D eigenvalue weighted by Crippen LogP contribution is 2.25. The summed E-state index contributed by atoms with van der Waals surface area (Å²) >= 11 is 0. The molecule has 0 aliphatic carbocycles. The third-order valence-corrected chi connectivity index (χ3v) is 4.88. The van der Waals surface area contributed by atoms with E-state index in [1.165, 1.54) is 0 Å². The first-order chi connectivity index (χ1) is 12.7. The quantitative estimate of drug-likeness (QED) is 0.729. The molecule has 3 aromatic rings. The minimum Gasteiger partial charge on any atom is -0.391 e. The van der Waals surface area contributed by atoms with E-state index < -0.39 is 0 Å². The fraction of sp³-hybridized carbons (Fsp3) is 0.421. The number of piperidine rings is 1. The lowest BCUT2D eigenvalue weighted by Crippen LogP contribution is -2.38. The molecule has 0 spiro atoms. The second kappa shape index (κ2) is 7.29. The summed E-state index contributed by atoms with van der Waals surface area (Å²) in [5.74, 6) is 1.81. The van der Waals surface area contributed by atoms with Gasteiger partial charge in [0.2, 0.25) is 0 Å². The van der Waals surface area contributed by atoms with Crippen molar-refractivity contribution in [2.75, 3.05) is 23.3 Å². The smallest absolute Gasteiger partial charge is 0.171 e. The topological polar surface area (TPSA) is 79.8 Å². The number of nitrogens with one attached hydrogen (secondary N) is 2. The maximum Gasteiger partial charge on any atom is 0.171 e. The predicted molar refractivity (Wildman–Crippen MR) is 100 cm³/mol. The minimum absolute atomic E-state index is 0.284. The Morgan fingerprint density at radius 3 is 3.12 bits per heavy atom. The van der Waals surface area contributed by atoms with E-state index in [1.807, 2.05) is 35.2 Å². The summed E-state index contributed by atoms with van der Waals surface area (Å²) in [5, 5.41) is 18.0. The van der Waals surface area contributed by atoms with Gasteiger partial charge in [-0.05, 0) is 25.3 Å². The predicted octanol–water partition coefficient (Wildman–Crippen LogP) is 1.68. The highest BCUT2D eigenvalue weighted by Gasteiger charge is 2.21. The lowest BCUT2D eigenvalue weighted by atomic mass is 10.1. The molecule has 1 aliphatic heterocycles. The minimum atomic E-state index is -0.284. The van der Waals surface area contributed by atoms with Gasteiger partial charge in [0, 0.05) is 42.9 Å². The summed E-state index contributed by atoms with van der Waals surface area (Å²) in [6.07, 6.45) is 8.21. The van der Waals surface area contributed by atoms with E-state index in [-0.39, 0.29) is 6.10 Å². The summed E-state index contributed by atoms with van der Waals surface area (Å²) in [6.45, 7) is 4.36. The largest absolute Gasteiger partial charge is 0.391 e. The zero-order valence-corrected chi connectivity index (χ0v) is 15.0. The summed E-state index contributed by atoms with van der Waals surface area (Å²) in [7, 11) is 0. The molecule has 0 bridgehead atoms. The van der Waals surface area contributed by atoms with Gasteiger partial charge in [-0.2, -0.15) is 9.61 Å². The lowest BCUT2D eigenvalue weighted by Gasteiger charge is -2.31. The first kappa shape index (κ1) is 16.8. The molecule has 136 valence electrons. The van der Waals surface area contributed by atoms with E-state index in [0.29, 0.717) is 13.1 Å². The number of fused-ring (bicyclic) bond motifs is 1. The molecule has 1 saturated heterocycles. The van der Waals surface area contributed by atoms with E-state index in [2.05, 4.69) is 33.3 Å². The number of rotatable bonds is 5. The van der Waals surface area contributed by atoms with Gasteiger partial charge < -0.3 is 15.3 Å². The van der Waals surface area contributed by atoms with Crippen LogP contribution < -0.4 is 15.2 Å². The van der Waals surface area contributed by atoms with Crippen molar-refractivity contribution in [3.8, 4) is 0 Å². The Bertz CT molecular complexity index is 878. The Kier molecular flexibility index (Phi) is 4.71. The number of aromatic amines is 1. The van der Waals surface area contributed by atoms with Crippen LogP contribution in [0.1, 0.15) is 30.9 Å². The molecule has 0 saturated carbocycles. The number of anilines is 2. The standard InChI is InChI=1S/C19H24N6O/c1-2-15-12-22-25-17(21-11-14-5-3-7-20-10-14)9-18(23-19(15)25)24-8-4-6-16(26)13-24/h3,5,7,9-10,12,16,21,26H,2,4,6,8,11,13H2,1H3/p+1. The third kappa shape index (κ3) is 3.35. The molecule has 7 nitrogen and oxygen atoms in total. The zero-order valence-electron chi connectivity index (χ0n) is 15.0. The van der Waals surface area contributed by atoms with Crippen molar-refractivity contribution in [2.45, 2.75) is 38.8 Å². The number of aromatic nitrogens is 4. The van der Waals surface area contributed by atoms with Gasteiger partial charge in [0.15, 0.2) is 18.0 Å². The van der Waals surface area contributed by atoms with Gasteiger partial charge in [-0.25, -0.2) is 9.97 Å². The molecule has 4 heterocycles. The normalized spacial score (nSPS) is 17.6. The average Bonchev–Trinajstić information content (AvgIpc) is 3.10. The molecule has 0 aromatic carbocycles.